The van der Waals surface area contributed by atoms with Crippen LogP contribution in [0.1, 0.15) is 21.5 Å². The molecule has 10 nitrogen and oxygen atoms in total. The van der Waals surface area contributed by atoms with Crippen molar-refractivity contribution in [2.75, 3.05) is 18.6 Å². The number of aromatic nitrogens is 3. The number of aryl methyl sites for hydroxylation is 1. The number of ether oxygens (including phenoxy) is 2. The lowest BCUT2D eigenvalue weighted by Crippen LogP contribution is -2.38. The van der Waals surface area contributed by atoms with Gasteiger partial charge in [0.2, 0.25) is 11.8 Å². The van der Waals surface area contributed by atoms with E-state index < -0.39 is 23.9 Å². The Kier molecular flexibility index (Phi) is 6.18. The Balaban J connectivity index is 1.36. The normalized spacial score (nSPS) is 14.2. The first kappa shape index (κ1) is 25.4. The third-order valence-corrected chi connectivity index (χ3v) is 7.83. The lowest BCUT2D eigenvalue weighted by atomic mass is 10.1. The zero-order chi connectivity index (χ0) is 28.1. The van der Waals surface area contributed by atoms with Crippen molar-refractivity contribution in [2.45, 2.75) is 19.4 Å². The first-order chi connectivity index (χ1) is 19.2. The second kappa shape index (κ2) is 9.72. The predicted molar refractivity (Wildman–Crippen MR) is 148 cm³/mol. The second-order valence-electron chi connectivity index (χ2n) is 9.38. The number of rotatable bonds is 6. The highest BCUT2D eigenvalue weighted by atomic mass is 32.1. The van der Waals surface area contributed by atoms with Crippen molar-refractivity contribution >= 4 is 50.3 Å². The molecule has 0 saturated heterocycles. The summed E-state index contributed by atoms with van der Waals surface area (Å²) in [6.07, 6.45) is -0.0867. The average Bonchev–Trinajstić information content (AvgIpc) is 3.55. The predicted octanol–water partition coefficient (Wildman–Crippen LogP) is 4.95. The van der Waals surface area contributed by atoms with Gasteiger partial charge in [0, 0.05) is 34.9 Å². The van der Waals surface area contributed by atoms with Gasteiger partial charge >= 0.3 is 6.09 Å². The molecular formula is C28H22FN5O5S. The molecule has 0 saturated carbocycles. The molecule has 202 valence electrons. The number of primary amides is 1. The topological polar surface area (TPSA) is 141 Å². The number of nitrogens with zero attached hydrogens (tertiary/aromatic N) is 4. The van der Waals surface area contributed by atoms with E-state index >= 15 is 4.39 Å². The molecule has 6 rings (SSSR count). The minimum atomic E-state index is -1.24. The number of halogens is 1. The fourth-order valence-corrected chi connectivity index (χ4v) is 5.99. The van der Waals surface area contributed by atoms with Crippen molar-refractivity contribution in [3.63, 3.8) is 0 Å². The maximum Gasteiger partial charge on any atom is 0.411 e. The van der Waals surface area contributed by atoms with Gasteiger partial charge in [0.05, 0.1) is 41.1 Å². The summed E-state index contributed by atoms with van der Waals surface area (Å²) >= 11 is 1.39. The molecule has 3 N–H and O–H groups in total. The van der Waals surface area contributed by atoms with E-state index in [0.717, 1.165) is 20.7 Å². The first-order valence-electron chi connectivity index (χ1n) is 12.2. The van der Waals surface area contributed by atoms with Gasteiger partial charge in [0.25, 0.3) is 0 Å². The van der Waals surface area contributed by atoms with Crippen LogP contribution in [0.5, 0.6) is 11.6 Å². The maximum atomic E-state index is 15.2. The molecule has 40 heavy (non-hydrogen) atoms. The third kappa shape index (κ3) is 4.41. The van der Waals surface area contributed by atoms with Gasteiger partial charge in [-0.1, -0.05) is 6.07 Å². The summed E-state index contributed by atoms with van der Waals surface area (Å²) in [4.78, 5) is 38.5. The summed E-state index contributed by atoms with van der Waals surface area (Å²) in [6, 6.07) is 11.2. The molecule has 3 heterocycles. The summed E-state index contributed by atoms with van der Waals surface area (Å²) in [7, 11) is 1.53. The van der Waals surface area contributed by atoms with Crippen LogP contribution in [0.3, 0.4) is 0 Å². The number of thiazole rings is 1. The molecule has 3 aromatic carbocycles. The molecule has 5 aromatic rings. The van der Waals surface area contributed by atoms with Crippen LogP contribution in [0.2, 0.25) is 0 Å². The van der Waals surface area contributed by atoms with E-state index in [9.17, 15) is 14.7 Å². The summed E-state index contributed by atoms with van der Waals surface area (Å²) in [5, 5.41) is 10.5. The molecule has 1 aliphatic heterocycles. The summed E-state index contributed by atoms with van der Waals surface area (Å²) in [5.74, 6) is -0.762. The van der Waals surface area contributed by atoms with Gasteiger partial charge in [-0.2, -0.15) is 0 Å². The molecule has 2 aromatic heterocycles. The van der Waals surface area contributed by atoms with Crippen molar-refractivity contribution in [3.8, 4) is 22.2 Å². The molecule has 1 aliphatic rings. The fraction of sp³-hybridized carbons (Fsp3) is 0.179. The van der Waals surface area contributed by atoms with Gasteiger partial charge < -0.3 is 20.3 Å². The van der Waals surface area contributed by atoms with Crippen LogP contribution in [0, 0.1) is 12.7 Å². The van der Waals surface area contributed by atoms with Gasteiger partial charge in [-0.15, -0.1) is 11.3 Å². The quantitative estimate of drug-likeness (QED) is 0.298. The van der Waals surface area contributed by atoms with E-state index in [4.69, 9.17) is 20.2 Å². The first-order valence-corrected chi connectivity index (χ1v) is 13.0. The Morgan fingerprint density at radius 3 is 2.80 bits per heavy atom. The number of carbonyl (C=O) groups excluding carboxylic acids is 1. The molecule has 0 unspecified atom stereocenters. The summed E-state index contributed by atoms with van der Waals surface area (Å²) in [5.41, 5.74) is 9.92. The van der Waals surface area contributed by atoms with E-state index in [0.29, 0.717) is 33.0 Å². The lowest BCUT2D eigenvalue weighted by Gasteiger charge is -2.23. The molecule has 1 atom stereocenters. The molecule has 12 heteroatoms. The van der Waals surface area contributed by atoms with Crippen LogP contribution >= 0.6 is 11.3 Å². The number of methoxy groups -OCH3 is 1. The zero-order valence-electron chi connectivity index (χ0n) is 21.3. The fourth-order valence-electron chi connectivity index (χ4n) is 4.88. The standard InChI is InChI=1S/C28H22FN5O5S/c1-13-6-17(23-20(7-13)32-22(38-2)11-31-23)27-33-21-10-19(29)24-18(25(21)40-27)9-16(39-24)12-34(28(36)37)15-5-3-4-14(8-15)26(30)35/h3-8,10-11,16H,9,12H2,1-2H3,(H2,30,35)(H,36,37)/t16-/m1/s1. The highest BCUT2D eigenvalue weighted by Crippen LogP contribution is 2.43. The molecule has 2 amide bonds. The van der Waals surface area contributed by atoms with E-state index in [1.165, 1.54) is 42.8 Å². The monoisotopic (exact) mass is 559 g/mol. The second-order valence-corrected chi connectivity index (χ2v) is 10.4. The average molecular weight is 560 g/mol. The Labute approximate surface area is 230 Å². The SMILES string of the molecule is COc1cnc2c(-c3nc4cc(F)c5c(c4s3)C[C@H](CN(C(=O)O)c3cccc(C(N)=O)c3)O5)cc(C)cc2n1. The van der Waals surface area contributed by atoms with Crippen LogP contribution in [0.15, 0.2) is 48.7 Å². The smallest absolute Gasteiger partial charge is 0.411 e. The van der Waals surface area contributed by atoms with Crippen molar-refractivity contribution in [2.24, 2.45) is 5.73 Å². The summed E-state index contributed by atoms with van der Waals surface area (Å²) < 4.78 is 27.1. The molecule has 0 spiro atoms. The number of hydrogen-bond donors (Lipinski definition) is 2. The van der Waals surface area contributed by atoms with Gasteiger partial charge in [0.1, 0.15) is 11.1 Å². The molecule has 0 fully saturated rings. The van der Waals surface area contributed by atoms with Gasteiger partial charge in [-0.3, -0.25) is 9.69 Å². The number of amides is 2. The largest absolute Gasteiger partial charge is 0.485 e. The van der Waals surface area contributed by atoms with E-state index in [-0.39, 0.29) is 30.0 Å². The van der Waals surface area contributed by atoms with Crippen LogP contribution < -0.4 is 20.1 Å². The van der Waals surface area contributed by atoms with Crippen LogP contribution in [0.4, 0.5) is 14.9 Å². The number of anilines is 1. The maximum absolute atomic E-state index is 15.2. The van der Waals surface area contributed by atoms with Gasteiger partial charge in [-0.25, -0.2) is 24.1 Å². The molecule has 0 bridgehead atoms. The van der Waals surface area contributed by atoms with Crippen LogP contribution in [-0.4, -0.2) is 51.8 Å². The Morgan fingerprint density at radius 2 is 2.05 bits per heavy atom. The zero-order valence-corrected chi connectivity index (χ0v) is 22.2. The minimum Gasteiger partial charge on any atom is -0.485 e. The number of carbonyl (C=O) groups is 2. The highest BCUT2D eigenvalue weighted by Gasteiger charge is 2.33. The Morgan fingerprint density at radius 1 is 1.23 bits per heavy atom. The number of fused-ring (bicyclic) bond motifs is 4. The van der Waals surface area contributed by atoms with E-state index in [2.05, 4.69) is 9.97 Å². The van der Waals surface area contributed by atoms with Crippen LogP contribution in [0.25, 0.3) is 31.8 Å². The molecule has 0 aliphatic carbocycles. The number of nitrogens with two attached hydrogens (primary N) is 1. The van der Waals surface area contributed by atoms with Crippen molar-refractivity contribution in [3.05, 3.63) is 71.2 Å². The van der Waals surface area contributed by atoms with Crippen LogP contribution in [-0.2, 0) is 6.42 Å². The van der Waals surface area contributed by atoms with Crippen molar-refractivity contribution in [1.29, 1.82) is 0 Å². The molecule has 0 radical (unpaired) electrons. The van der Waals surface area contributed by atoms with Gasteiger partial charge in [0.15, 0.2) is 11.6 Å². The Hall–Kier alpha value is -4.84. The van der Waals surface area contributed by atoms with Gasteiger partial charge in [-0.05, 0) is 42.8 Å². The number of carboxylic acid groups (broad SMARTS) is 1. The lowest BCUT2D eigenvalue weighted by molar-refractivity contribution is 0.1000. The summed E-state index contributed by atoms with van der Waals surface area (Å²) in [6.45, 7) is 1.86. The Bertz CT molecular complexity index is 1840. The number of hydrogen-bond acceptors (Lipinski definition) is 8. The number of benzene rings is 3. The minimum absolute atomic E-state index is 0.0846. The third-order valence-electron chi connectivity index (χ3n) is 6.67. The highest BCUT2D eigenvalue weighted by molar-refractivity contribution is 7.22. The van der Waals surface area contributed by atoms with E-state index in [1.807, 2.05) is 19.1 Å². The van der Waals surface area contributed by atoms with Crippen molar-refractivity contribution in [1.82, 2.24) is 15.0 Å². The molecular weight excluding hydrogens is 537 g/mol. The van der Waals surface area contributed by atoms with Crippen molar-refractivity contribution < 1.29 is 28.6 Å². The van der Waals surface area contributed by atoms with E-state index in [1.54, 1.807) is 12.1 Å².